The number of hydrogen-bond donors (Lipinski definition) is 2. The third-order valence-electron chi connectivity index (χ3n) is 3.18. The number of hydrogen-bond acceptors (Lipinski definition) is 4. The fourth-order valence-electron chi connectivity index (χ4n) is 2.11. The molecule has 0 atom stereocenters. The minimum Gasteiger partial charge on any atom is -0.493 e. The topological polar surface area (TPSA) is 67.4 Å². The number of ether oxygens (including phenoxy) is 1. The van der Waals surface area contributed by atoms with E-state index in [1.807, 2.05) is 18.2 Å². The van der Waals surface area contributed by atoms with Crippen molar-refractivity contribution in [3.63, 3.8) is 0 Å². The minimum absolute atomic E-state index is 0.327. The van der Waals surface area contributed by atoms with Crippen LogP contribution in [-0.2, 0) is 11.2 Å². The van der Waals surface area contributed by atoms with Crippen molar-refractivity contribution in [1.82, 2.24) is 10.9 Å². The maximum absolute atomic E-state index is 11.7. The first kappa shape index (κ1) is 14.3. The number of rotatable bonds is 3. The predicted molar refractivity (Wildman–Crippen MR) is 84.6 cm³/mol. The summed E-state index contributed by atoms with van der Waals surface area (Å²) in [6.45, 7) is 0.706. The number of benzene rings is 1. The van der Waals surface area contributed by atoms with Gasteiger partial charge in [-0.15, -0.1) is 11.3 Å². The van der Waals surface area contributed by atoms with Crippen LogP contribution in [0.15, 0.2) is 41.8 Å². The van der Waals surface area contributed by atoms with E-state index in [9.17, 15) is 9.59 Å². The van der Waals surface area contributed by atoms with Crippen molar-refractivity contribution < 1.29 is 14.3 Å². The molecule has 0 unspecified atom stereocenters. The third kappa shape index (κ3) is 3.35. The zero-order chi connectivity index (χ0) is 15.4. The molecule has 6 heteroatoms. The summed E-state index contributed by atoms with van der Waals surface area (Å²) in [6, 6.07) is 9.25. The van der Waals surface area contributed by atoms with Crippen LogP contribution < -0.4 is 15.6 Å². The van der Waals surface area contributed by atoms with Gasteiger partial charge in [-0.25, -0.2) is 0 Å². The van der Waals surface area contributed by atoms with Crippen molar-refractivity contribution in [2.75, 3.05) is 6.61 Å². The number of fused-ring (bicyclic) bond motifs is 1. The van der Waals surface area contributed by atoms with Crippen molar-refractivity contribution in [2.24, 2.45) is 0 Å². The summed E-state index contributed by atoms with van der Waals surface area (Å²) in [6.07, 6.45) is 3.97. The lowest BCUT2D eigenvalue weighted by atomic mass is 10.1. The van der Waals surface area contributed by atoms with Crippen LogP contribution in [0, 0.1) is 0 Å². The average Bonchev–Trinajstić information content (AvgIpc) is 3.20. The van der Waals surface area contributed by atoms with Gasteiger partial charge in [-0.3, -0.25) is 20.4 Å². The molecule has 2 aromatic rings. The molecule has 22 heavy (non-hydrogen) atoms. The van der Waals surface area contributed by atoms with Crippen LogP contribution in [0.2, 0.25) is 0 Å². The Hall–Kier alpha value is -2.60. The van der Waals surface area contributed by atoms with Gasteiger partial charge in [0.2, 0.25) is 0 Å². The Balaban J connectivity index is 1.54. The van der Waals surface area contributed by atoms with Crippen LogP contribution in [0.3, 0.4) is 0 Å². The Kier molecular flexibility index (Phi) is 4.20. The maximum atomic E-state index is 11.7. The molecule has 1 aliphatic heterocycles. The standard InChI is InChI=1S/C16H14N2O3S/c19-15(17-18-16(20)14-2-1-9-22-14)6-4-11-3-5-13-12(10-11)7-8-21-13/h1-6,9-10H,7-8H2,(H,17,19)(H,18,20)/b6-4-. The number of thiophene rings is 1. The second-order valence-corrected chi connectivity index (χ2v) is 5.67. The van der Waals surface area contributed by atoms with Gasteiger partial charge >= 0.3 is 0 Å². The Morgan fingerprint density at radius 3 is 2.95 bits per heavy atom. The molecule has 2 heterocycles. The van der Waals surface area contributed by atoms with Gasteiger partial charge in [0.1, 0.15) is 5.75 Å². The van der Waals surface area contributed by atoms with Crippen molar-refractivity contribution in [3.8, 4) is 5.75 Å². The van der Waals surface area contributed by atoms with Gasteiger partial charge in [-0.1, -0.05) is 12.1 Å². The molecule has 5 nitrogen and oxygen atoms in total. The summed E-state index contributed by atoms with van der Waals surface area (Å²) in [5, 5.41) is 1.80. The maximum Gasteiger partial charge on any atom is 0.279 e. The molecule has 0 radical (unpaired) electrons. The summed E-state index contributed by atoms with van der Waals surface area (Å²) in [5.74, 6) is 0.192. The molecule has 0 spiro atoms. The number of carbonyl (C=O) groups is 2. The Bertz CT molecular complexity index is 723. The first-order chi connectivity index (χ1) is 10.7. The van der Waals surface area contributed by atoms with Gasteiger partial charge in [-0.2, -0.15) is 0 Å². The Labute approximate surface area is 131 Å². The van der Waals surface area contributed by atoms with Crippen LogP contribution >= 0.6 is 11.3 Å². The largest absolute Gasteiger partial charge is 0.493 e. The first-order valence-electron chi connectivity index (χ1n) is 6.80. The second kappa shape index (κ2) is 6.44. The molecular weight excluding hydrogens is 300 g/mol. The molecular formula is C16H14N2O3S. The Morgan fingerprint density at radius 1 is 1.23 bits per heavy atom. The summed E-state index contributed by atoms with van der Waals surface area (Å²) < 4.78 is 5.43. The van der Waals surface area contributed by atoms with Gasteiger partial charge in [0.15, 0.2) is 0 Å². The molecule has 2 N–H and O–H groups in total. The van der Waals surface area contributed by atoms with Crippen molar-refractivity contribution in [2.45, 2.75) is 6.42 Å². The van der Waals surface area contributed by atoms with E-state index < -0.39 is 0 Å². The van der Waals surface area contributed by atoms with E-state index in [2.05, 4.69) is 10.9 Å². The lowest BCUT2D eigenvalue weighted by Gasteiger charge is -2.03. The highest BCUT2D eigenvalue weighted by atomic mass is 32.1. The molecule has 0 aliphatic carbocycles. The molecule has 2 amide bonds. The van der Waals surface area contributed by atoms with E-state index in [1.54, 1.807) is 23.6 Å². The zero-order valence-electron chi connectivity index (χ0n) is 11.7. The molecule has 0 fully saturated rings. The van der Waals surface area contributed by atoms with E-state index in [1.165, 1.54) is 17.4 Å². The lowest BCUT2D eigenvalue weighted by molar-refractivity contribution is -0.117. The monoisotopic (exact) mass is 314 g/mol. The Morgan fingerprint density at radius 2 is 2.14 bits per heavy atom. The van der Waals surface area contributed by atoms with Crippen molar-refractivity contribution >= 4 is 29.2 Å². The summed E-state index contributed by atoms with van der Waals surface area (Å²) >= 11 is 1.31. The summed E-state index contributed by atoms with van der Waals surface area (Å²) in [5.41, 5.74) is 6.78. The highest BCUT2D eigenvalue weighted by Gasteiger charge is 2.11. The molecule has 3 rings (SSSR count). The molecule has 0 bridgehead atoms. The minimum atomic E-state index is -0.387. The quantitative estimate of drug-likeness (QED) is 0.674. The van der Waals surface area contributed by atoms with Gasteiger partial charge in [0, 0.05) is 12.5 Å². The van der Waals surface area contributed by atoms with Crippen LogP contribution in [0.25, 0.3) is 6.08 Å². The van der Waals surface area contributed by atoms with Gasteiger partial charge < -0.3 is 4.74 Å². The smallest absolute Gasteiger partial charge is 0.279 e. The van der Waals surface area contributed by atoms with Crippen molar-refractivity contribution in [1.29, 1.82) is 0 Å². The molecule has 0 saturated heterocycles. The highest BCUT2D eigenvalue weighted by Crippen LogP contribution is 2.26. The summed E-state index contributed by atoms with van der Waals surface area (Å²) in [7, 11) is 0. The predicted octanol–water partition coefficient (Wildman–Crippen LogP) is 2.16. The zero-order valence-corrected chi connectivity index (χ0v) is 12.5. The lowest BCUT2D eigenvalue weighted by Crippen LogP contribution is -2.40. The van der Waals surface area contributed by atoms with Gasteiger partial charge in [-0.05, 0) is 40.8 Å². The van der Waals surface area contributed by atoms with Gasteiger partial charge in [0.25, 0.3) is 11.8 Å². The van der Waals surface area contributed by atoms with E-state index in [-0.39, 0.29) is 11.8 Å². The van der Waals surface area contributed by atoms with Gasteiger partial charge in [0.05, 0.1) is 11.5 Å². The van der Waals surface area contributed by atoms with Crippen LogP contribution in [0.5, 0.6) is 5.75 Å². The SMILES string of the molecule is O=C(/C=C\c1ccc2c(c1)CCO2)NNC(=O)c1cccs1. The number of amides is 2. The van der Waals surface area contributed by atoms with E-state index in [0.29, 0.717) is 11.5 Å². The molecule has 1 aromatic carbocycles. The van der Waals surface area contributed by atoms with Crippen LogP contribution in [0.4, 0.5) is 0 Å². The number of hydrazine groups is 1. The van der Waals surface area contributed by atoms with Crippen LogP contribution in [-0.4, -0.2) is 18.4 Å². The first-order valence-corrected chi connectivity index (χ1v) is 7.68. The summed E-state index contributed by atoms with van der Waals surface area (Å²) in [4.78, 5) is 23.9. The number of carbonyl (C=O) groups excluding carboxylic acids is 2. The highest BCUT2D eigenvalue weighted by molar-refractivity contribution is 7.12. The second-order valence-electron chi connectivity index (χ2n) is 4.72. The van der Waals surface area contributed by atoms with E-state index in [4.69, 9.17) is 4.74 Å². The molecule has 112 valence electrons. The molecule has 0 saturated carbocycles. The average molecular weight is 314 g/mol. The van der Waals surface area contributed by atoms with E-state index in [0.717, 1.165) is 23.3 Å². The fourth-order valence-corrected chi connectivity index (χ4v) is 2.73. The third-order valence-corrected chi connectivity index (χ3v) is 4.05. The van der Waals surface area contributed by atoms with E-state index >= 15 is 0 Å². The molecule has 1 aliphatic rings. The normalized spacial score (nSPS) is 12.7. The fraction of sp³-hybridized carbons (Fsp3) is 0.125. The van der Waals surface area contributed by atoms with Crippen LogP contribution in [0.1, 0.15) is 20.8 Å². The molecule has 1 aromatic heterocycles. The van der Waals surface area contributed by atoms with Crippen molar-refractivity contribution in [3.05, 3.63) is 57.8 Å². The number of nitrogens with one attached hydrogen (secondary N) is 2.